The summed E-state index contributed by atoms with van der Waals surface area (Å²) in [7, 11) is 0. The van der Waals surface area contributed by atoms with E-state index in [2.05, 4.69) is 41.8 Å². The van der Waals surface area contributed by atoms with E-state index >= 15 is 0 Å². The van der Waals surface area contributed by atoms with E-state index in [-0.39, 0.29) is 36.3 Å². The molecule has 0 aliphatic rings. The van der Waals surface area contributed by atoms with Crippen LogP contribution in [0.3, 0.4) is 0 Å². The summed E-state index contributed by atoms with van der Waals surface area (Å²) in [6, 6.07) is 4.99. The molecule has 2 N–H and O–H groups in total. The fourth-order valence-electron chi connectivity index (χ4n) is 2.19. The van der Waals surface area contributed by atoms with E-state index < -0.39 is 0 Å². The molecular weight excluding hydrogens is 502 g/mol. The summed E-state index contributed by atoms with van der Waals surface area (Å²) in [4.78, 5) is 4.43. The average molecular weight is 525 g/mol. The molecule has 6 nitrogen and oxygen atoms in total. The molecule has 0 aliphatic carbocycles. The molecule has 25 heavy (non-hydrogen) atoms. The summed E-state index contributed by atoms with van der Waals surface area (Å²) >= 11 is 3.25. The fourth-order valence-corrected chi connectivity index (χ4v) is 2.52. The summed E-state index contributed by atoms with van der Waals surface area (Å²) < 4.78 is 16.6. The van der Waals surface area contributed by atoms with E-state index in [4.69, 9.17) is 0 Å². The summed E-state index contributed by atoms with van der Waals surface area (Å²) in [5.41, 5.74) is 0.558. The predicted molar refractivity (Wildman–Crippen MR) is 112 cm³/mol. The highest BCUT2D eigenvalue weighted by atomic mass is 127. The van der Waals surface area contributed by atoms with Gasteiger partial charge in [0.2, 0.25) is 0 Å². The second-order valence-corrected chi connectivity index (χ2v) is 6.07. The second kappa shape index (κ2) is 11.4. The number of guanidine groups is 1. The van der Waals surface area contributed by atoms with Gasteiger partial charge < -0.3 is 15.2 Å². The van der Waals surface area contributed by atoms with Gasteiger partial charge in [-0.05, 0) is 19.1 Å². The van der Waals surface area contributed by atoms with Crippen molar-refractivity contribution in [3.63, 3.8) is 0 Å². The summed E-state index contributed by atoms with van der Waals surface area (Å²) in [6.45, 7) is 6.48. The van der Waals surface area contributed by atoms with E-state index in [9.17, 15) is 4.39 Å². The summed E-state index contributed by atoms with van der Waals surface area (Å²) in [5, 5.41) is 14.4. The molecule has 138 valence electrons. The van der Waals surface area contributed by atoms with Crippen molar-refractivity contribution in [2.45, 2.75) is 33.4 Å². The molecule has 1 aromatic carbocycles. The smallest absolute Gasteiger partial charge is 0.191 e. The van der Waals surface area contributed by atoms with Crippen LogP contribution >= 0.6 is 39.9 Å². The van der Waals surface area contributed by atoms with Gasteiger partial charge in [0.15, 0.2) is 5.96 Å². The van der Waals surface area contributed by atoms with Crippen LogP contribution < -0.4 is 10.6 Å². The van der Waals surface area contributed by atoms with E-state index in [0.29, 0.717) is 18.1 Å². The van der Waals surface area contributed by atoms with Gasteiger partial charge in [0.1, 0.15) is 18.0 Å². The van der Waals surface area contributed by atoms with Crippen molar-refractivity contribution in [1.29, 1.82) is 0 Å². The van der Waals surface area contributed by atoms with Crippen molar-refractivity contribution >= 4 is 45.9 Å². The number of nitrogens with one attached hydrogen (secondary N) is 2. The van der Waals surface area contributed by atoms with Crippen LogP contribution in [-0.4, -0.2) is 33.8 Å². The Morgan fingerprint density at radius 3 is 2.80 bits per heavy atom. The molecule has 9 heteroatoms. The van der Waals surface area contributed by atoms with Gasteiger partial charge in [-0.2, -0.15) is 0 Å². The lowest BCUT2D eigenvalue weighted by Gasteiger charge is -2.12. The third kappa shape index (κ3) is 6.89. The Kier molecular flexibility index (Phi) is 9.94. The number of aromatic nitrogens is 3. The number of hydrogen-bond donors (Lipinski definition) is 2. The van der Waals surface area contributed by atoms with Gasteiger partial charge in [-0.25, -0.2) is 9.38 Å². The third-order valence-electron chi connectivity index (χ3n) is 3.42. The normalized spacial score (nSPS) is 11.1. The molecule has 2 rings (SSSR count). The lowest BCUT2D eigenvalue weighted by atomic mass is 10.2. The van der Waals surface area contributed by atoms with Crippen LogP contribution in [0.5, 0.6) is 0 Å². The number of nitrogens with zero attached hydrogens (tertiary/aromatic N) is 4. The maximum absolute atomic E-state index is 13.9. The van der Waals surface area contributed by atoms with Crippen LogP contribution in [0.15, 0.2) is 34.0 Å². The molecule has 0 saturated heterocycles. The molecule has 1 heterocycles. The van der Waals surface area contributed by atoms with E-state index in [1.165, 1.54) is 6.07 Å². The van der Waals surface area contributed by atoms with Crippen molar-refractivity contribution in [3.8, 4) is 0 Å². The molecule has 2 aromatic rings. The minimum Gasteiger partial charge on any atom is -0.357 e. The van der Waals surface area contributed by atoms with Gasteiger partial charge in [0, 0.05) is 36.1 Å². The first-order valence-electron chi connectivity index (χ1n) is 7.96. The lowest BCUT2D eigenvalue weighted by Crippen LogP contribution is -2.39. The molecule has 1 aromatic heterocycles. The number of aliphatic imine (C=N–C) groups is 1. The Hall–Kier alpha value is -1.23. The van der Waals surface area contributed by atoms with Crippen LogP contribution in [-0.2, 0) is 19.5 Å². The molecule has 0 radical (unpaired) electrons. The quantitative estimate of drug-likeness (QED) is 0.332. The largest absolute Gasteiger partial charge is 0.357 e. The van der Waals surface area contributed by atoms with Gasteiger partial charge in [-0.3, -0.25) is 0 Å². The van der Waals surface area contributed by atoms with E-state index in [0.717, 1.165) is 29.8 Å². The SMILES string of the molecule is CCNC(=NCc1ccc(Br)cc1F)NCCn1cnnc1CC.I. The van der Waals surface area contributed by atoms with Crippen molar-refractivity contribution < 1.29 is 4.39 Å². The second-order valence-electron chi connectivity index (χ2n) is 5.15. The minimum absolute atomic E-state index is 0. The van der Waals surface area contributed by atoms with Crippen molar-refractivity contribution in [2.24, 2.45) is 4.99 Å². The predicted octanol–water partition coefficient (Wildman–Crippen LogP) is 3.12. The maximum atomic E-state index is 13.9. The molecule has 0 amide bonds. The number of halogens is 3. The highest BCUT2D eigenvalue weighted by Crippen LogP contribution is 2.15. The van der Waals surface area contributed by atoms with Gasteiger partial charge in [0.25, 0.3) is 0 Å². The van der Waals surface area contributed by atoms with Gasteiger partial charge >= 0.3 is 0 Å². The summed E-state index contributed by atoms with van der Waals surface area (Å²) in [5.74, 6) is 1.35. The molecule has 0 atom stereocenters. The Morgan fingerprint density at radius 1 is 1.32 bits per heavy atom. The summed E-state index contributed by atoms with van der Waals surface area (Å²) in [6.07, 6.45) is 2.57. The molecular formula is C16H23BrFIN6. The van der Waals surface area contributed by atoms with Crippen LogP contribution in [0.1, 0.15) is 25.2 Å². The maximum Gasteiger partial charge on any atom is 0.191 e. The number of rotatable bonds is 7. The topological polar surface area (TPSA) is 67.1 Å². The van der Waals surface area contributed by atoms with Crippen molar-refractivity contribution in [2.75, 3.05) is 13.1 Å². The van der Waals surface area contributed by atoms with Crippen LogP contribution in [0.4, 0.5) is 4.39 Å². The third-order valence-corrected chi connectivity index (χ3v) is 3.92. The monoisotopic (exact) mass is 524 g/mol. The van der Waals surface area contributed by atoms with Crippen molar-refractivity contribution in [3.05, 3.63) is 46.2 Å². The Morgan fingerprint density at radius 2 is 2.12 bits per heavy atom. The van der Waals surface area contributed by atoms with Crippen LogP contribution in [0.25, 0.3) is 0 Å². The van der Waals surface area contributed by atoms with Gasteiger partial charge in [-0.15, -0.1) is 34.2 Å². The number of aryl methyl sites for hydroxylation is 1. The Labute approximate surface area is 172 Å². The van der Waals surface area contributed by atoms with Crippen LogP contribution in [0, 0.1) is 5.82 Å². The van der Waals surface area contributed by atoms with Gasteiger partial charge in [0.05, 0.1) is 6.54 Å². The molecule has 0 aliphatic heterocycles. The minimum atomic E-state index is -0.263. The standard InChI is InChI=1S/C16H22BrFN6.HI/c1-3-15-23-22-11-24(15)8-7-20-16(19-4-2)21-10-12-5-6-13(17)9-14(12)18;/h5-6,9,11H,3-4,7-8,10H2,1-2H3,(H2,19,20,21);1H. The molecule has 0 unspecified atom stereocenters. The fraction of sp³-hybridized carbons (Fsp3) is 0.438. The van der Waals surface area contributed by atoms with Crippen LogP contribution in [0.2, 0.25) is 0 Å². The van der Waals surface area contributed by atoms with E-state index in [1.807, 2.05) is 24.5 Å². The molecule has 0 spiro atoms. The highest BCUT2D eigenvalue weighted by molar-refractivity contribution is 14.0. The Bertz CT molecular complexity index is 691. The highest BCUT2D eigenvalue weighted by Gasteiger charge is 2.04. The lowest BCUT2D eigenvalue weighted by molar-refractivity contribution is 0.608. The molecule has 0 bridgehead atoms. The molecule has 0 saturated carbocycles. The zero-order valence-corrected chi connectivity index (χ0v) is 18.2. The Balaban J connectivity index is 0.00000312. The van der Waals surface area contributed by atoms with Gasteiger partial charge in [-0.1, -0.05) is 28.9 Å². The van der Waals surface area contributed by atoms with E-state index in [1.54, 1.807) is 12.4 Å². The zero-order chi connectivity index (χ0) is 17.4. The zero-order valence-electron chi connectivity index (χ0n) is 14.3. The first kappa shape index (κ1) is 21.8. The number of hydrogen-bond acceptors (Lipinski definition) is 3. The number of benzene rings is 1. The molecule has 0 fully saturated rings. The first-order chi connectivity index (χ1) is 11.6. The first-order valence-corrected chi connectivity index (χ1v) is 8.76. The average Bonchev–Trinajstić information content (AvgIpc) is 3.01. The van der Waals surface area contributed by atoms with Crippen molar-refractivity contribution in [1.82, 2.24) is 25.4 Å².